The molecule has 0 N–H and O–H groups in total. The second-order valence-electron chi connectivity index (χ2n) is 7.82. The van der Waals surface area contributed by atoms with Crippen LogP contribution in [0.5, 0.6) is 0 Å². The molecular weight excluding hydrogens is 340 g/mol. The molecule has 3 rings (SSSR count). The Bertz CT molecular complexity index is 183. The fourth-order valence-electron chi connectivity index (χ4n) is 3.73. The van der Waals surface area contributed by atoms with Crippen LogP contribution in [0.3, 0.4) is 0 Å². The van der Waals surface area contributed by atoms with E-state index >= 15 is 0 Å². The largest absolute Gasteiger partial charge is 0.0854 e. The van der Waals surface area contributed by atoms with Gasteiger partial charge in [-0.25, -0.2) is 0 Å². The van der Waals surface area contributed by atoms with Crippen LogP contribution in [0.25, 0.3) is 0 Å². The summed E-state index contributed by atoms with van der Waals surface area (Å²) in [4.78, 5) is 0. The van der Waals surface area contributed by atoms with Gasteiger partial charge in [0.05, 0.1) is 0 Å². The van der Waals surface area contributed by atoms with Gasteiger partial charge in [-0.2, -0.15) is 0 Å². The molecule has 2 fully saturated rings. The number of rotatable bonds is 0. The molecule has 2 saturated carbocycles. The van der Waals surface area contributed by atoms with E-state index in [0.717, 1.165) is 0 Å². The maximum atomic E-state index is 2.16. The predicted octanol–water partition coefficient (Wildman–Crippen LogP) is 9.70. The zero-order valence-corrected chi connectivity index (χ0v) is 18.5. The normalized spacial score (nSPS) is 23.4. The van der Waals surface area contributed by atoms with E-state index in [1.54, 1.807) is 0 Å². The van der Waals surface area contributed by atoms with Gasteiger partial charge in [0.25, 0.3) is 0 Å². The van der Waals surface area contributed by atoms with Crippen LogP contribution in [0.15, 0.2) is 11.5 Å². The highest BCUT2D eigenvalue weighted by molar-refractivity contribution is 8.78. The monoisotopic (exact) mass is 384 g/mol. The van der Waals surface area contributed by atoms with E-state index < -0.39 is 0 Å². The zero-order chi connectivity index (χ0) is 17.7. The van der Waals surface area contributed by atoms with E-state index in [4.69, 9.17) is 0 Å². The molecule has 148 valence electrons. The van der Waals surface area contributed by atoms with Gasteiger partial charge in [0, 0.05) is 5.75 Å². The minimum absolute atomic E-state index is 1.20. The third kappa shape index (κ3) is 19.0. The third-order valence-corrected chi connectivity index (χ3v) is 7.30. The van der Waals surface area contributed by atoms with Crippen LogP contribution in [-0.4, -0.2) is 5.75 Å². The van der Waals surface area contributed by atoms with Gasteiger partial charge in [0.15, 0.2) is 0 Å². The van der Waals surface area contributed by atoms with Crippen molar-refractivity contribution in [1.29, 1.82) is 0 Å². The van der Waals surface area contributed by atoms with Crippen LogP contribution in [0.2, 0.25) is 0 Å². The lowest BCUT2D eigenvalue weighted by atomic mass is 10.0. The van der Waals surface area contributed by atoms with Crippen molar-refractivity contribution in [3.8, 4) is 0 Å². The summed E-state index contributed by atoms with van der Waals surface area (Å²) in [5.74, 6) is 1.20. The first kappa shape index (κ1) is 23.5. The second-order valence-corrected chi connectivity index (χ2v) is 10.1. The van der Waals surface area contributed by atoms with E-state index in [1.165, 1.54) is 134 Å². The average molecular weight is 385 g/mol. The molecule has 0 aromatic carbocycles. The van der Waals surface area contributed by atoms with Crippen molar-refractivity contribution < 1.29 is 0 Å². The van der Waals surface area contributed by atoms with E-state index in [1.807, 2.05) is 21.6 Å². The minimum Gasteiger partial charge on any atom is -0.0854 e. The molecule has 3 aliphatic rings. The van der Waals surface area contributed by atoms with Crippen LogP contribution in [0.4, 0.5) is 0 Å². The van der Waals surface area contributed by atoms with Crippen LogP contribution >= 0.6 is 21.6 Å². The van der Waals surface area contributed by atoms with Crippen molar-refractivity contribution in [2.45, 2.75) is 128 Å². The minimum atomic E-state index is 1.20. The SMILES string of the molecule is C1=CSSC1.C1CCCCCCCCC1.C1CCCCCCCCC1. The molecule has 25 heavy (non-hydrogen) atoms. The zero-order valence-electron chi connectivity index (χ0n) is 16.8. The van der Waals surface area contributed by atoms with Crippen molar-refractivity contribution in [2.24, 2.45) is 0 Å². The summed E-state index contributed by atoms with van der Waals surface area (Å²) < 4.78 is 0. The Labute approximate surface area is 167 Å². The van der Waals surface area contributed by atoms with Gasteiger partial charge in [0.1, 0.15) is 0 Å². The molecule has 0 bridgehead atoms. The van der Waals surface area contributed by atoms with Gasteiger partial charge in [-0.1, -0.05) is 156 Å². The smallest absolute Gasteiger partial charge is 0.0229 e. The maximum absolute atomic E-state index is 2.16. The van der Waals surface area contributed by atoms with E-state index in [9.17, 15) is 0 Å². The van der Waals surface area contributed by atoms with Crippen molar-refractivity contribution in [3.05, 3.63) is 11.5 Å². The Morgan fingerprint density at radius 1 is 0.360 bits per heavy atom. The molecule has 0 aromatic heterocycles. The molecular formula is C23H44S2. The first-order chi connectivity index (χ1) is 12.5. The molecule has 0 nitrogen and oxygen atoms in total. The average Bonchev–Trinajstić information content (AvgIpc) is 3.25. The molecule has 0 spiro atoms. The standard InChI is InChI=1S/2C10H20.C3H4S2/c2*1-2-4-6-8-10-9-7-5-3-1;1-2-4-5-3-1/h2*1-10H2;1-2H,3H2. The van der Waals surface area contributed by atoms with Crippen molar-refractivity contribution in [1.82, 2.24) is 0 Å². The molecule has 0 amide bonds. The molecule has 1 heterocycles. The van der Waals surface area contributed by atoms with E-state index in [-0.39, 0.29) is 0 Å². The van der Waals surface area contributed by atoms with Crippen molar-refractivity contribution >= 4 is 21.6 Å². The first-order valence-corrected chi connectivity index (χ1v) is 13.8. The summed E-state index contributed by atoms with van der Waals surface area (Å²) in [5, 5.41) is 2.12. The highest BCUT2D eigenvalue weighted by Gasteiger charge is 1.96. The van der Waals surface area contributed by atoms with Gasteiger partial charge in [-0.3, -0.25) is 0 Å². The summed E-state index contributed by atoms with van der Waals surface area (Å²) in [6.07, 6.45) is 32.2. The van der Waals surface area contributed by atoms with Gasteiger partial charge < -0.3 is 0 Å². The second kappa shape index (κ2) is 20.7. The summed E-state index contributed by atoms with van der Waals surface area (Å²) in [5.41, 5.74) is 0. The maximum Gasteiger partial charge on any atom is 0.0229 e. The van der Waals surface area contributed by atoms with Crippen molar-refractivity contribution in [2.75, 3.05) is 5.75 Å². The Kier molecular flexibility index (Phi) is 19.5. The lowest BCUT2D eigenvalue weighted by Crippen LogP contribution is -1.85. The first-order valence-electron chi connectivity index (χ1n) is 11.4. The molecule has 0 unspecified atom stereocenters. The van der Waals surface area contributed by atoms with Gasteiger partial charge >= 0.3 is 0 Å². The highest BCUT2D eigenvalue weighted by Crippen LogP contribution is 2.27. The quantitative estimate of drug-likeness (QED) is 0.381. The van der Waals surface area contributed by atoms with Crippen molar-refractivity contribution in [3.63, 3.8) is 0 Å². The lowest BCUT2D eigenvalue weighted by molar-refractivity contribution is 0.504. The van der Waals surface area contributed by atoms with Crippen LogP contribution in [0, 0.1) is 0 Å². The Morgan fingerprint density at radius 2 is 0.600 bits per heavy atom. The summed E-state index contributed by atoms with van der Waals surface area (Å²) >= 11 is 0. The number of hydrogen-bond donors (Lipinski definition) is 0. The molecule has 0 atom stereocenters. The number of hydrogen-bond acceptors (Lipinski definition) is 2. The van der Waals surface area contributed by atoms with Gasteiger partial charge in [-0.05, 0) is 5.41 Å². The van der Waals surface area contributed by atoms with E-state index in [2.05, 4.69) is 11.5 Å². The van der Waals surface area contributed by atoms with Crippen LogP contribution in [0.1, 0.15) is 128 Å². The predicted molar refractivity (Wildman–Crippen MR) is 122 cm³/mol. The van der Waals surface area contributed by atoms with Crippen LogP contribution in [-0.2, 0) is 0 Å². The molecule has 2 heteroatoms. The Hall–Kier alpha value is 0.440. The Balaban J connectivity index is 0.000000198. The van der Waals surface area contributed by atoms with Crippen LogP contribution < -0.4 is 0 Å². The fourth-order valence-corrected chi connectivity index (χ4v) is 5.30. The molecule has 2 aliphatic carbocycles. The third-order valence-electron chi connectivity index (χ3n) is 5.38. The molecule has 0 saturated heterocycles. The summed E-state index contributed by atoms with van der Waals surface area (Å²) in [6.45, 7) is 0. The molecule has 1 aliphatic heterocycles. The van der Waals surface area contributed by atoms with Gasteiger partial charge in [-0.15, -0.1) is 0 Å². The molecule has 0 radical (unpaired) electrons. The summed E-state index contributed by atoms with van der Waals surface area (Å²) in [6, 6.07) is 0. The highest BCUT2D eigenvalue weighted by atomic mass is 33.1. The van der Waals surface area contributed by atoms with Gasteiger partial charge in [0.2, 0.25) is 0 Å². The Morgan fingerprint density at radius 3 is 0.680 bits per heavy atom. The van der Waals surface area contributed by atoms with E-state index in [0.29, 0.717) is 0 Å². The topological polar surface area (TPSA) is 0 Å². The summed E-state index contributed by atoms with van der Waals surface area (Å²) in [7, 11) is 3.69. The molecule has 0 aromatic rings. The fraction of sp³-hybridized carbons (Fsp3) is 0.913. The lowest BCUT2D eigenvalue weighted by Gasteiger charge is -2.05.